The zero-order valence-electron chi connectivity index (χ0n) is 23.8. The Hall–Kier alpha value is -4.54. The standard InChI is InChI=1S/C33H32N6O3S/c1-22-17-26(36-29(18-22)24-7-9-28(10-8-24)42-27-5-3-2-4-6-27)21-34-20-23-12-15-39(16-13-23)32-35-14-11-25(37-32)19-30-31(40)38-33(41)43-30/h2-11,14,17-19,23,34H,12-13,15-16,20-21H2,1H3,(H,38,40,41). The number of carbonyl (C=O) groups excluding carboxylic acids is 2. The van der Waals surface area contributed by atoms with Crippen LogP contribution in [-0.4, -0.2) is 45.7 Å². The van der Waals surface area contributed by atoms with Gasteiger partial charge in [-0.25, -0.2) is 9.97 Å². The lowest BCUT2D eigenvalue weighted by molar-refractivity contribution is -0.115. The van der Waals surface area contributed by atoms with Crippen LogP contribution in [0.25, 0.3) is 17.3 Å². The van der Waals surface area contributed by atoms with E-state index in [4.69, 9.17) is 9.72 Å². The van der Waals surface area contributed by atoms with Crippen molar-refractivity contribution >= 4 is 34.9 Å². The summed E-state index contributed by atoms with van der Waals surface area (Å²) in [6, 6.07) is 23.8. The lowest BCUT2D eigenvalue weighted by atomic mass is 9.97. The van der Waals surface area contributed by atoms with Crippen LogP contribution in [0.3, 0.4) is 0 Å². The van der Waals surface area contributed by atoms with Crippen molar-refractivity contribution < 1.29 is 14.3 Å². The second-order valence-electron chi connectivity index (χ2n) is 10.7. The first-order valence-electron chi connectivity index (χ1n) is 14.3. The average molecular weight is 593 g/mol. The lowest BCUT2D eigenvalue weighted by Crippen LogP contribution is -2.38. The Balaban J connectivity index is 0.997. The summed E-state index contributed by atoms with van der Waals surface area (Å²) in [6.07, 6.45) is 5.38. The molecule has 2 aromatic carbocycles. The van der Waals surface area contributed by atoms with Crippen molar-refractivity contribution in [3.63, 3.8) is 0 Å². The number of pyridine rings is 1. The summed E-state index contributed by atoms with van der Waals surface area (Å²) in [7, 11) is 0. The molecule has 218 valence electrons. The molecule has 0 aliphatic carbocycles. The molecule has 2 aromatic heterocycles. The molecule has 2 amide bonds. The Morgan fingerprint density at radius 1 is 1.00 bits per heavy atom. The number of carbonyl (C=O) groups is 2. The number of aromatic nitrogens is 3. The molecule has 0 atom stereocenters. The summed E-state index contributed by atoms with van der Waals surface area (Å²) < 4.78 is 5.93. The Kier molecular flexibility index (Phi) is 8.76. The minimum absolute atomic E-state index is 0.348. The fraction of sp³-hybridized carbons (Fsp3) is 0.242. The Bertz CT molecular complexity index is 1640. The molecule has 0 radical (unpaired) electrons. The number of imide groups is 1. The van der Waals surface area contributed by atoms with Gasteiger partial charge >= 0.3 is 0 Å². The Morgan fingerprint density at radius 2 is 1.77 bits per heavy atom. The molecule has 10 heteroatoms. The summed E-state index contributed by atoms with van der Waals surface area (Å²) in [5.41, 5.74) is 4.82. The number of ether oxygens (including phenoxy) is 1. The zero-order chi connectivity index (χ0) is 29.6. The number of hydrogen-bond acceptors (Lipinski definition) is 9. The van der Waals surface area contributed by atoms with E-state index in [1.54, 1.807) is 18.3 Å². The van der Waals surface area contributed by atoms with Gasteiger partial charge in [0.25, 0.3) is 11.1 Å². The quantitative estimate of drug-likeness (QED) is 0.227. The van der Waals surface area contributed by atoms with E-state index in [1.165, 1.54) is 5.56 Å². The maximum absolute atomic E-state index is 11.9. The summed E-state index contributed by atoms with van der Waals surface area (Å²) >= 11 is 0.888. The zero-order valence-corrected chi connectivity index (χ0v) is 24.6. The number of aryl methyl sites for hydroxylation is 1. The molecule has 2 saturated heterocycles. The molecular weight excluding hydrogens is 560 g/mol. The van der Waals surface area contributed by atoms with Gasteiger partial charge in [-0.15, -0.1) is 0 Å². The molecule has 0 spiro atoms. The fourth-order valence-electron chi connectivity index (χ4n) is 5.19. The van der Waals surface area contributed by atoms with Crippen molar-refractivity contribution in [2.75, 3.05) is 24.5 Å². The topological polar surface area (TPSA) is 109 Å². The van der Waals surface area contributed by atoms with Gasteiger partial charge in [0.15, 0.2) is 0 Å². The predicted molar refractivity (Wildman–Crippen MR) is 169 cm³/mol. The number of amides is 2. The normalized spacial score (nSPS) is 16.5. The maximum atomic E-state index is 11.9. The van der Waals surface area contributed by atoms with E-state index in [-0.39, 0.29) is 11.1 Å². The van der Waals surface area contributed by atoms with Gasteiger partial charge in [-0.1, -0.05) is 18.2 Å². The highest BCUT2D eigenvalue weighted by Crippen LogP contribution is 2.27. The fourth-order valence-corrected chi connectivity index (χ4v) is 5.85. The number of nitrogens with zero attached hydrogens (tertiary/aromatic N) is 4. The van der Waals surface area contributed by atoms with Crippen LogP contribution in [0, 0.1) is 12.8 Å². The second kappa shape index (κ2) is 13.2. The van der Waals surface area contributed by atoms with Crippen LogP contribution in [0.1, 0.15) is 29.8 Å². The van der Waals surface area contributed by atoms with E-state index in [2.05, 4.69) is 44.6 Å². The molecule has 6 rings (SSSR count). The van der Waals surface area contributed by atoms with Crippen LogP contribution < -0.4 is 20.3 Å². The summed E-state index contributed by atoms with van der Waals surface area (Å²) in [6.45, 7) is 5.44. The first kappa shape index (κ1) is 28.6. The molecule has 4 aromatic rings. The third kappa shape index (κ3) is 7.46. The summed E-state index contributed by atoms with van der Waals surface area (Å²) in [4.78, 5) is 39.8. The molecule has 2 N–H and O–H groups in total. The summed E-state index contributed by atoms with van der Waals surface area (Å²) in [5.74, 6) is 2.42. The number of rotatable bonds is 9. The SMILES string of the molecule is Cc1cc(CNCC2CCN(c3nccc(C=C4SC(=O)NC4=O)n3)CC2)nc(-c2ccc(Oc3ccccc3)cc2)c1. The number of hydrogen-bond donors (Lipinski definition) is 2. The molecule has 0 unspecified atom stereocenters. The monoisotopic (exact) mass is 592 g/mol. The van der Waals surface area contributed by atoms with Crippen molar-refractivity contribution in [2.45, 2.75) is 26.3 Å². The number of para-hydroxylation sites is 1. The van der Waals surface area contributed by atoms with Gasteiger partial charge in [-0.3, -0.25) is 19.9 Å². The maximum Gasteiger partial charge on any atom is 0.290 e. The molecule has 0 bridgehead atoms. The molecular formula is C33H32N6O3S. The highest BCUT2D eigenvalue weighted by atomic mass is 32.2. The minimum atomic E-state index is -0.385. The number of thioether (sulfide) groups is 1. The van der Waals surface area contributed by atoms with Crippen molar-refractivity contribution in [3.05, 3.63) is 101 Å². The highest BCUT2D eigenvalue weighted by Gasteiger charge is 2.26. The smallest absolute Gasteiger partial charge is 0.290 e. The number of piperidine rings is 1. The van der Waals surface area contributed by atoms with E-state index in [9.17, 15) is 9.59 Å². The number of benzene rings is 2. The largest absolute Gasteiger partial charge is 0.457 e. The van der Waals surface area contributed by atoms with Gasteiger partial charge in [0.05, 0.1) is 22.0 Å². The third-order valence-electron chi connectivity index (χ3n) is 7.37. The molecule has 0 saturated carbocycles. The van der Waals surface area contributed by atoms with Crippen LogP contribution in [0.5, 0.6) is 11.5 Å². The van der Waals surface area contributed by atoms with E-state index >= 15 is 0 Å². The highest BCUT2D eigenvalue weighted by molar-refractivity contribution is 8.18. The number of anilines is 1. The van der Waals surface area contributed by atoms with E-state index in [0.29, 0.717) is 29.0 Å². The van der Waals surface area contributed by atoms with Crippen molar-refractivity contribution in [1.29, 1.82) is 0 Å². The first-order valence-corrected chi connectivity index (χ1v) is 15.1. The number of nitrogens with one attached hydrogen (secondary N) is 2. The van der Waals surface area contributed by atoms with Gasteiger partial charge in [-0.2, -0.15) is 0 Å². The molecule has 2 aliphatic heterocycles. The van der Waals surface area contributed by atoms with Gasteiger partial charge in [-0.05, 0) is 110 Å². The minimum Gasteiger partial charge on any atom is -0.457 e. The van der Waals surface area contributed by atoms with Crippen molar-refractivity contribution in [3.8, 4) is 22.8 Å². The van der Waals surface area contributed by atoms with Crippen molar-refractivity contribution in [1.82, 2.24) is 25.6 Å². The molecule has 43 heavy (non-hydrogen) atoms. The molecule has 4 heterocycles. The molecule has 2 aliphatic rings. The van der Waals surface area contributed by atoms with Crippen LogP contribution >= 0.6 is 11.8 Å². The predicted octanol–water partition coefficient (Wildman–Crippen LogP) is 5.97. The lowest BCUT2D eigenvalue weighted by Gasteiger charge is -2.32. The average Bonchev–Trinajstić information content (AvgIpc) is 3.34. The van der Waals surface area contributed by atoms with E-state index < -0.39 is 0 Å². The van der Waals surface area contributed by atoms with Crippen LogP contribution in [0.2, 0.25) is 0 Å². The van der Waals surface area contributed by atoms with Crippen LogP contribution in [0.15, 0.2) is 83.9 Å². The van der Waals surface area contributed by atoms with Gasteiger partial charge < -0.3 is 15.0 Å². The Labute approximate surface area is 254 Å². The first-order chi connectivity index (χ1) is 21.0. The van der Waals surface area contributed by atoms with E-state index in [1.807, 2.05) is 54.6 Å². The molecule has 2 fully saturated rings. The molecule has 9 nitrogen and oxygen atoms in total. The van der Waals surface area contributed by atoms with Gasteiger partial charge in [0.1, 0.15) is 11.5 Å². The van der Waals surface area contributed by atoms with Crippen LogP contribution in [-0.2, 0) is 11.3 Å². The summed E-state index contributed by atoms with van der Waals surface area (Å²) in [5, 5.41) is 5.52. The van der Waals surface area contributed by atoms with Crippen LogP contribution in [0.4, 0.5) is 10.7 Å². The van der Waals surface area contributed by atoms with E-state index in [0.717, 1.165) is 72.7 Å². The Morgan fingerprint density at radius 3 is 2.51 bits per heavy atom. The third-order valence-corrected chi connectivity index (χ3v) is 8.18. The second-order valence-corrected chi connectivity index (χ2v) is 11.7. The van der Waals surface area contributed by atoms with Gasteiger partial charge in [0.2, 0.25) is 5.95 Å². The van der Waals surface area contributed by atoms with Gasteiger partial charge in [0, 0.05) is 31.4 Å². The van der Waals surface area contributed by atoms with Crippen molar-refractivity contribution in [2.24, 2.45) is 5.92 Å².